The van der Waals surface area contributed by atoms with Crippen LogP contribution in [0.1, 0.15) is 21.5 Å². The Bertz CT molecular complexity index is 418. The largest absolute Gasteiger partial charge is 0.481 e. The van der Waals surface area contributed by atoms with E-state index in [2.05, 4.69) is 0 Å². The van der Waals surface area contributed by atoms with Gasteiger partial charge in [0.25, 0.3) is 0 Å². The van der Waals surface area contributed by atoms with Gasteiger partial charge in [-0.25, -0.2) is 0 Å². The lowest BCUT2D eigenvalue weighted by molar-refractivity contribution is -0.133. The fraction of sp³-hybridized carbons (Fsp3) is 0.273. The van der Waals surface area contributed by atoms with Crippen molar-refractivity contribution < 1.29 is 14.7 Å². The summed E-state index contributed by atoms with van der Waals surface area (Å²) in [7, 11) is 0. The fourth-order valence-electron chi connectivity index (χ4n) is 1.26. The van der Waals surface area contributed by atoms with Crippen molar-refractivity contribution >= 4 is 23.6 Å². The monoisotopic (exact) mass is 239 g/mol. The summed E-state index contributed by atoms with van der Waals surface area (Å²) < 4.78 is 0. The Morgan fingerprint density at radius 1 is 1.44 bits per heavy atom. The molecule has 0 aliphatic carbocycles. The maximum absolute atomic E-state index is 10.9. The third-order valence-corrected chi connectivity index (χ3v) is 3.08. The minimum absolute atomic E-state index is 0.0804. The molecule has 0 aromatic heterocycles. The van der Waals surface area contributed by atoms with Gasteiger partial charge in [-0.2, -0.15) is 0 Å². The minimum atomic E-state index is -0.823. The lowest BCUT2D eigenvalue weighted by Crippen LogP contribution is -2.11. The zero-order valence-electron chi connectivity index (χ0n) is 8.90. The molecule has 0 aliphatic rings. The van der Waals surface area contributed by atoms with E-state index < -0.39 is 11.9 Å². The molecule has 5 heteroatoms. The molecule has 1 amide bonds. The second-order valence-corrected chi connectivity index (χ2v) is 4.38. The van der Waals surface area contributed by atoms with E-state index in [1.165, 1.54) is 11.8 Å². The molecule has 0 aliphatic heterocycles. The summed E-state index contributed by atoms with van der Waals surface area (Å²) >= 11 is 1.33. The van der Waals surface area contributed by atoms with E-state index in [1.807, 2.05) is 13.0 Å². The van der Waals surface area contributed by atoms with E-state index in [0.717, 1.165) is 11.1 Å². The van der Waals surface area contributed by atoms with Crippen molar-refractivity contribution in [3.63, 3.8) is 0 Å². The normalized spacial score (nSPS) is 10.1. The number of carboxylic acid groups (broad SMARTS) is 1. The molecule has 16 heavy (non-hydrogen) atoms. The predicted molar refractivity (Wildman–Crippen MR) is 63.5 cm³/mol. The fourth-order valence-corrected chi connectivity index (χ4v) is 2.08. The number of rotatable bonds is 5. The van der Waals surface area contributed by atoms with Gasteiger partial charge in [0.2, 0.25) is 5.91 Å². The molecule has 3 N–H and O–H groups in total. The van der Waals surface area contributed by atoms with Crippen molar-refractivity contribution in [3.05, 3.63) is 34.9 Å². The molecule has 1 rings (SSSR count). The van der Waals surface area contributed by atoms with E-state index in [0.29, 0.717) is 11.3 Å². The molecule has 86 valence electrons. The second kappa shape index (κ2) is 5.55. The number of aliphatic carboxylic acids is 1. The maximum atomic E-state index is 10.9. The summed E-state index contributed by atoms with van der Waals surface area (Å²) in [5.41, 5.74) is 7.60. The zero-order chi connectivity index (χ0) is 12.1. The first-order chi connectivity index (χ1) is 7.50. The van der Waals surface area contributed by atoms with Crippen LogP contribution in [0.2, 0.25) is 0 Å². The molecule has 0 unspecified atom stereocenters. The summed E-state index contributed by atoms with van der Waals surface area (Å²) in [6.45, 7) is 1.88. The maximum Gasteiger partial charge on any atom is 0.313 e. The van der Waals surface area contributed by atoms with Gasteiger partial charge in [0.15, 0.2) is 0 Å². The van der Waals surface area contributed by atoms with Crippen LogP contribution < -0.4 is 5.73 Å². The summed E-state index contributed by atoms with van der Waals surface area (Å²) in [6, 6.07) is 5.19. The molecule has 0 radical (unpaired) electrons. The first-order valence-electron chi connectivity index (χ1n) is 4.69. The highest BCUT2D eigenvalue weighted by molar-refractivity contribution is 7.99. The molecule has 1 aromatic carbocycles. The quantitative estimate of drug-likeness (QED) is 0.814. The summed E-state index contributed by atoms with van der Waals surface area (Å²) in [4.78, 5) is 21.2. The van der Waals surface area contributed by atoms with Crippen LogP contribution >= 0.6 is 11.8 Å². The third-order valence-electron chi connectivity index (χ3n) is 2.11. The van der Waals surface area contributed by atoms with Gasteiger partial charge in [-0.15, -0.1) is 11.8 Å². The highest BCUT2D eigenvalue weighted by Gasteiger charge is 2.05. The van der Waals surface area contributed by atoms with Crippen LogP contribution in [0.25, 0.3) is 0 Å². The molecule has 0 atom stereocenters. The Labute approximate surface area is 97.8 Å². The van der Waals surface area contributed by atoms with Crippen LogP contribution in [0, 0.1) is 6.92 Å². The van der Waals surface area contributed by atoms with Crippen LogP contribution in [0.5, 0.6) is 0 Å². The van der Waals surface area contributed by atoms with Gasteiger partial charge in [-0.3, -0.25) is 9.59 Å². The van der Waals surface area contributed by atoms with Crippen molar-refractivity contribution in [1.82, 2.24) is 0 Å². The molecule has 4 nitrogen and oxygen atoms in total. The van der Waals surface area contributed by atoms with E-state index >= 15 is 0 Å². The zero-order valence-corrected chi connectivity index (χ0v) is 9.71. The number of amides is 1. The molecule has 0 saturated carbocycles. The molecule has 0 saturated heterocycles. The number of hydrogen-bond acceptors (Lipinski definition) is 3. The average molecular weight is 239 g/mol. The van der Waals surface area contributed by atoms with Gasteiger partial charge in [0.05, 0.1) is 5.75 Å². The van der Waals surface area contributed by atoms with Gasteiger partial charge < -0.3 is 10.8 Å². The number of carboxylic acids is 1. The van der Waals surface area contributed by atoms with Crippen LogP contribution in [0.4, 0.5) is 0 Å². The molecular weight excluding hydrogens is 226 g/mol. The van der Waals surface area contributed by atoms with Crippen molar-refractivity contribution in [2.45, 2.75) is 12.7 Å². The van der Waals surface area contributed by atoms with Gasteiger partial charge in [-0.05, 0) is 30.2 Å². The Balaban J connectivity index is 2.68. The van der Waals surface area contributed by atoms with E-state index in [-0.39, 0.29) is 5.75 Å². The topological polar surface area (TPSA) is 80.4 Å². The van der Waals surface area contributed by atoms with Gasteiger partial charge in [-0.1, -0.05) is 6.07 Å². The Morgan fingerprint density at radius 2 is 2.12 bits per heavy atom. The highest BCUT2D eigenvalue weighted by Crippen LogP contribution is 2.17. The smallest absolute Gasteiger partial charge is 0.313 e. The number of nitrogens with two attached hydrogens (primary N) is 1. The van der Waals surface area contributed by atoms with E-state index in [1.54, 1.807) is 12.1 Å². The number of primary amides is 1. The number of hydrogen-bond donors (Lipinski definition) is 2. The molecular formula is C11H13NO3S. The van der Waals surface area contributed by atoms with Crippen molar-refractivity contribution in [1.29, 1.82) is 0 Å². The summed E-state index contributed by atoms with van der Waals surface area (Å²) in [6.07, 6.45) is 0. The number of carbonyl (C=O) groups is 2. The van der Waals surface area contributed by atoms with Gasteiger partial charge in [0, 0.05) is 11.3 Å². The van der Waals surface area contributed by atoms with Crippen molar-refractivity contribution in [2.24, 2.45) is 5.73 Å². The van der Waals surface area contributed by atoms with E-state index in [9.17, 15) is 9.59 Å². The lowest BCUT2D eigenvalue weighted by Gasteiger charge is -2.06. The van der Waals surface area contributed by atoms with Crippen molar-refractivity contribution in [2.75, 3.05) is 5.75 Å². The predicted octanol–water partition coefficient (Wildman–Crippen LogP) is 1.41. The molecule has 0 spiro atoms. The molecule has 0 bridgehead atoms. The van der Waals surface area contributed by atoms with Crippen LogP contribution in [-0.4, -0.2) is 22.7 Å². The Morgan fingerprint density at radius 3 is 2.62 bits per heavy atom. The highest BCUT2D eigenvalue weighted by atomic mass is 32.2. The molecule has 0 fully saturated rings. The summed E-state index contributed by atoms with van der Waals surface area (Å²) in [5, 5.41) is 8.50. The SMILES string of the molecule is Cc1cc(C(N)=O)ccc1CSCC(=O)O. The number of aryl methyl sites for hydroxylation is 1. The first-order valence-corrected chi connectivity index (χ1v) is 5.85. The van der Waals surface area contributed by atoms with Crippen LogP contribution in [-0.2, 0) is 10.5 Å². The lowest BCUT2D eigenvalue weighted by atomic mass is 10.1. The molecule has 1 aromatic rings. The van der Waals surface area contributed by atoms with Crippen LogP contribution in [0.3, 0.4) is 0 Å². The minimum Gasteiger partial charge on any atom is -0.481 e. The van der Waals surface area contributed by atoms with Crippen LogP contribution in [0.15, 0.2) is 18.2 Å². The Hall–Kier alpha value is -1.49. The first kappa shape index (κ1) is 12.6. The second-order valence-electron chi connectivity index (χ2n) is 3.39. The van der Waals surface area contributed by atoms with Gasteiger partial charge in [0.1, 0.15) is 0 Å². The summed E-state index contributed by atoms with van der Waals surface area (Å²) in [5.74, 6) is -0.571. The number of thioether (sulfide) groups is 1. The third kappa shape index (κ3) is 3.58. The standard InChI is InChI=1S/C11H13NO3S/c1-7-4-8(11(12)15)2-3-9(7)5-16-6-10(13)14/h2-4H,5-6H2,1H3,(H2,12,15)(H,13,14). The number of benzene rings is 1. The van der Waals surface area contributed by atoms with Gasteiger partial charge >= 0.3 is 5.97 Å². The molecule has 0 heterocycles. The van der Waals surface area contributed by atoms with E-state index in [4.69, 9.17) is 10.8 Å². The number of carbonyl (C=O) groups excluding carboxylic acids is 1. The van der Waals surface area contributed by atoms with Crippen molar-refractivity contribution in [3.8, 4) is 0 Å². The Kier molecular flexibility index (Phi) is 4.37. The average Bonchev–Trinajstić information content (AvgIpc) is 2.19.